The molecule has 3 aromatic rings. The lowest BCUT2D eigenvalue weighted by molar-refractivity contribution is 1.36. The third kappa shape index (κ3) is 2.48. The first-order valence-electron chi connectivity index (χ1n) is 6.93. The van der Waals surface area contributed by atoms with Gasteiger partial charge in [0.2, 0.25) is 0 Å². The molecular formula is C19H16N2. The van der Waals surface area contributed by atoms with Crippen LogP contribution in [-0.4, -0.2) is 9.97 Å². The topological polar surface area (TPSA) is 25.8 Å². The van der Waals surface area contributed by atoms with E-state index in [4.69, 9.17) is 0 Å². The van der Waals surface area contributed by atoms with E-state index in [0.29, 0.717) is 0 Å². The van der Waals surface area contributed by atoms with Gasteiger partial charge in [0.15, 0.2) is 0 Å². The van der Waals surface area contributed by atoms with Gasteiger partial charge in [-0.3, -0.25) is 9.97 Å². The average molecular weight is 272 g/mol. The van der Waals surface area contributed by atoms with Crippen molar-refractivity contribution in [2.75, 3.05) is 0 Å². The minimum Gasteiger partial charge on any atom is -0.254 e. The maximum Gasteiger partial charge on any atom is 0.0964 e. The first-order valence-corrected chi connectivity index (χ1v) is 6.93. The number of pyridine rings is 2. The Bertz CT molecular complexity index is 873. The van der Waals surface area contributed by atoms with Crippen molar-refractivity contribution in [2.24, 2.45) is 0 Å². The van der Waals surface area contributed by atoms with E-state index in [2.05, 4.69) is 40.8 Å². The summed E-state index contributed by atoms with van der Waals surface area (Å²) >= 11 is 0. The molecule has 0 aliphatic carbocycles. The van der Waals surface area contributed by atoms with Crippen molar-refractivity contribution in [3.63, 3.8) is 0 Å². The van der Waals surface area contributed by atoms with Gasteiger partial charge in [-0.15, -0.1) is 0 Å². The number of rotatable bonds is 3. The lowest BCUT2D eigenvalue weighted by Crippen LogP contribution is -1.88. The van der Waals surface area contributed by atoms with Gasteiger partial charge in [-0.2, -0.15) is 0 Å². The Balaban J connectivity index is 2.21. The molecule has 21 heavy (non-hydrogen) atoms. The lowest BCUT2D eigenvalue weighted by Gasteiger charge is -2.06. The second kappa shape index (κ2) is 5.71. The van der Waals surface area contributed by atoms with E-state index in [1.165, 1.54) is 0 Å². The van der Waals surface area contributed by atoms with Gasteiger partial charge < -0.3 is 0 Å². The van der Waals surface area contributed by atoms with Crippen LogP contribution in [0.2, 0.25) is 0 Å². The van der Waals surface area contributed by atoms with Crippen LogP contribution in [0.25, 0.3) is 27.4 Å². The van der Waals surface area contributed by atoms with Crippen LogP contribution in [0, 0.1) is 0 Å². The molecule has 0 unspecified atom stereocenters. The Labute approximate surface area is 124 Å². The van der Waals surface area contributed by atoms with Crippen molar-refractivity contribution in [2.45, 2.75) is 6.92 Å². The third-order valence-corrected chi connectivity index (χ3v) is 3.44. The molecule has 1 aromatic carbocycles. The summed E-state index contributed by atoms with van der Waals surface area (Å²) in [6, 6.07) is 10.3. The van der Waals surface area contributed by atoms with Gasteiger partial charge in [0.05, 0.1) is 11.0 Å². The Morgan fingerprint density at radius 3 is 2.71 bits per heavy atom. The molecule has 2 nitrogen and oxygen atoms in total. The van der Waals surface area contributed by atoms with E-state index in [1.54, 1.807) is 6.20 Å². The molecule has 0 fully saturated rings. The maximum atomic E-state index is 4.61. The predicted molar refractivity (Wildman–Crippen MR) is 90.0 cm³/mol. The van der Waals surface area contributed by atoms with Crippen LogP contribution in [-0.2, 0) is 0 Å². The monoisotopic (exact) mass is 272 g/mol. The Kier molecular flexibility index (Phi) is 3.61. The fourth-order valence-electron chi connectivity index (χ4n) is 2.38. The molecule has 2 heteroatoms. The van der Waals surface area contributed by atoms with Gasteiger partial charge in [0.25, 0.3) is 0 Å². The van der Waals surface area contributed by atoms with Crippen molar-refractivity contribution in [1.29, 1.82) is 0 Å². The van der Waals surface area contributed by atoms with Crippen molar-refractivity contribution in [3.05, 3.63) is 79.2 Å². The minimum atomic E-state index is 0.936. The number of hydrogen-bond acceptors (Lipinski definition) is 2. The molecule has 0 spiro atoms. The highest BCUT2D eigenvalue weighted by molar-refractivity contribution is 6.03. The summed E-state index contributed by atoms with van der Waals surface area (Å²) in [5.74, 6) is 0. The molecule has 102 valence electrons. The van der Waals surface area contributed by atoms with Crippen LogP contribution in [0.5, 0.6) is 0 Å². The zero-order chi connectivity index (χ0) is 14.7. The zero-order valence-corrected chi connectivity index (χ0v) is 12.0. The molecule has 3 rings (SSSR count). The summed E-state index contributed by atoms with van der Waals surface area (Å²) in [6.07, 6.45) is 11.6. The largest absolute Gasteiger partial charge is 0.254 e. The molecule has 0 saturated heterocycles. The smallest absolute Gasteiger partial charge is 0.0964 e. The third-order valence-electron chi connectivity index (χ3n) is 3.44. The minimum absolute atomic E-state index is 0.936. The summed E-state index contributed by atoms with van der Waals surface area (Å²) in [5.41, 5.74) is 4.00. The highest BCUT2D eigenvalue weighted by Crippen LogP contribution is 2.25. The van der Waals surface area contributed by atoms with E-state index < -0.39 is 0 Å². The average Bonchev–Trinajstić information content (AvgIpc) is 2.55. The second-order valence-corrected chi connectivity index (χ2v) is 4.79. The van der Waals surface area contributed by atoms with Crippen LogP contribution in [0.4, 0.5) is 0 Å². The highest BCUT2D eigenvalue weighted by atomic mass is 14.7. The second-order valence-electron chi connectivity index (χ2n) is 4.79. The van der Waals surface area contributed by atoms with Gasteiger partial charge >= 0.3 is 0 Å². The standard InChI is InChI=1S/C19H16N2/c1-3-5-7-14(4-2)17-12-16-10-9-15-8-6-11-20-18(15)19(16)21-13-17/h3-13H,2H2,1H3/b5-3-,14-7+. The SMILES string of the molecule is C=C/C(=C\C=C/C)c1cnc2c(ccc3cccnc32)c1. The molecule has 2 aromatic heterocycles. The van der Waals surface area contributed by atoms with Gasteiger partial charge in [0, 0.05) is 28.7 Å². The summed E-state index contributed by atoms with van der Waals surface area (Å²) < 4.78 is 0. The van der Waals surface area contributed by atoms with Crippen molar-refractivity contribution in [3.8, 4) is 0 Å². The quantitative estimate of drug-likeness (QED) is 0.499. The predicted octanol–water partition coefficient (Wildman–Crippen LogP) is 4.93. The Hall–Kier alpha value is -2.74. The van der Waals surface area contributed by atoms with Crippen LogP contribution >= 0.6 is 0 Å². The van der Waals surface area contributed by atoms with E-state index in [-0.39, 0.29) is 0 Å². The number of fused-ring (bicyclic) bond motifs is 3. The number of hydrogen-bond donors (Lipinski definition) is 0. The van der Waals surface area contributed by atoms with Crippen LogP contribution in [0.3, 0.4) is 0 Å². The molecule has 0 aliphatic rings. The van der Waals surface area contributed by atoms with Crippen molar-refractivity contribution in [1.82, 2.24) is 9.97 Å². The number of benzene rings is 1. The molecule has 0 N–H and O–H groups in total. The summed E-state index contributed by atoms with van der Waals surface area (Å²) in [5, 5.41) is 2.20. The molecule has 0 aliphatic heterocycles. The number of aromatic nitrogens is 2. The first-order chi connectivity index (χ1) is 10.3. The van der Waals surface area contributed by atoms with Crippen LogP contribution < -0.4 is 0 Å². The normalized spacial score (nSPS) is 12.3. The fourth-order valence-corrected chi connectivity index (χ4v) is 2.38. The first kappa shape index (κ1) is 13.3. The Morgan fingerprint density at radius 2 is 1.90 bits per heavy atom. The number of allylic oxidation sites excluding steroid dienone is 5. The van der Waals surface area contributed by atoms with E-state index in [9.17, 15) is 0 Å². The molecular weight excluding hydrogens is 256 g/mol. The molecule has 0 radical (unpaired) electrons. The zero-order valence-electron chi connectivity index (χ0n) is 12.0. The van der Waals surface area contributed by atoms with E-state index in [1.807, 2.05) is 43.5 Å². The molecule has 0 atom stereocenters. The summed E-state index contributed by atoms with van der Waals surface area (Å²) in [7, 11) is 0. The van der Waals surface area contributed by atoms with Crippen LogP contribution in [0.1, 0.15) is 12.5 Å². The van der Waals surface area contributed by atoms with Crippen molar-refractivity contribution >= 4 is 27.4 Å². The van der Waals surface area contributed by atoms with E-state index >= 15 is 0 Å². The lowest BCUT2D eigenvalue weighted by atomic mass is 10.0. The fraction of sp³-hybridized carbons (Fsp3) is 0.0526. The summed E-state index contributed by atoms with van der Waals surface area (Å²) in [6.45, 7) is 5.87. The summed E-state index contributed by atoms with van der Waals surface area (Å²) in [4.78, 5) is 9.06. The van der Waals surface area contributed by atoms with Gasteiger partial charge in [-0.05, 0) is 24.6 Å². The van der Waals surface area contributed by atoms with Crippen LogP contribution in [0.15, 0.2) is 73.6 Å². The maximum absolute atomic E-state index is 4.61. The van der Waals surface area contributed by atoms with Gasteiger partial charge in [-0.1, -0.05) is 49.1 Å². The number of nitrogens with zero attached hydrogens (tertiary/aromatic N) is 2. The Morgan fingerprint density at radius 1 is 1.10 bits per heavy atom. The van der Waals surface area contributed by atoms with Gasteiger partial charge in [-0.25, -0.2) is 0 Å². The molecule has 0 amide bonds. The van der Waals surface area contributed by atoms with Crippen molar-refractivity contribution < 1.29 is 0 Å². The molecule has 2 heterocycles. The highest BCUT2D eigenvalue weighted by Gasteiger charge is 2.05. The molecule has 0 bridgehead atoms. The molecule has 0 saturated carbocycles. The van der Waals surface area contributed by atoms with E-state index in [0.717, 1.165) is 32.9 Å². The van der Waals surface area contributed by atoms with Gasteiger partial charge in [0.1, 0.15) is 0 Å².